The van der Waals surface area contributed by atoms with Gasteiger partial charge in [0, 0.05) is 0 Å². The highest BCUT2D eigenvalue weighted by Gasteiger charge is 2.61. The predicted molar refractivity (Wildman–Crippen MR) is 71.4 cm³/mol. The van der Waals surface area contributed by atoms with Crippen molar-refractivity contribution in [3.63, 3.8) is 0 Å². The Balaban J connectivity index is 0.00000108. The third kappa shape index (κ3) is 2.02. The molecule has 1 saturated carbocycles. The van der Waals surface area contributed by atoms with Crippen LogP contribution in [0.2, 0.25) is 0 Å². The van der Waals surface area contributed by atoms with Gasteiger partial charge in [0.2, 0.25) is 0 Å². The molecule has 0 amide bonds. The van der Waals surface area contributed by atoms with E-state index in [0.717, 1.165) is 32.4 Å². The van der Waals surface area contributed by atoms with Crippen molar-refractivity contribution in [1.29, 1.82) is 0 Å². The second-order valence-electron chi connectivity index (χ2n) is 5.69. The fraction of sp³-hybridized carbons (Fsp3) is 1.00. The fourth-order valence-electron chi connectivity index (χ4n) is 4.01. The van der Waals surface area contributed by atoms with Crippen LogP contribution in [0, 0.1) is 0 Å². The predicted octanol–water partition coefficient (Wildman–Crippen LogP) is 2.00. The van der Waals surface area contributed by atoms with E-state index in [0.29, 0.717) is 5.75 Å². The molecule has 2 unspecified atom stereocenters. The lowest BCUT2D eigenvalue weighted by molar-refractivity contribution is 0.0387. The third-order valence-corrected chi connectivity index (χ3v) is 7.24. The zero-order valence-corrected chi connectivity index (χ0v) is 11.9. The zero-order chi connectivity index (χ0) is 11.2. The first-order valence-corrected chi connectivity index (χ1v) is 8.33. The first-order chi connectivity index (χ1) is 7.65. The number of likely N-dealkylation sites (tertiary alicyclic amines) is 1. The molecule has 1 aliphatic carbocycles. The summed E-state index contributed by atoms with van der Waals surface area (Å²) in [5.41, 5.74) is 0.0670. The smallest absolute Gasteiger partial charge is 0.156 e. The van der Waals surface area contributed by atoms with Crippen LogP contribution in [-0.4, -0.2) is 42.9 Å². The summed E-state index contributed by atoms with van der Waals surface area (Å²) in [6.07, 6.45) is 8.21. The van der Waals surface area contributed by atoms with E-state index in [1.807, 2.05) is 0 Å². The van der Waals surface area contributed by atoms with Crippen molar-refractivity contribution in [2.75, 3.05) is 18.8 Å². The molecular formula is C12H22ClNO2S. The second kappa shape index (κ2) is 4.71. The van der Waals surface area contributed by atoms with Crippen molar-refractivity contribution in [2.45, 2.75) is 55.7 Å². The Morgan fingerprint density at radius 3 is 2.35 bits per heavy atom. The van der Waals surface area contributed by atoms with Crippen molar-refractivity contribution in [3.8, 4) is 0 Å². The highest BCUT2D eigenvalue weighted by Crippen LogP contribution is 2.47. The van der Waals surface area contributed by atoms with Crippen molar-refractivity contribution < 1.29 is 8.42 Å². The van der Waals surface area contributed by atoms with Crippen LogP contribution >= 0.6 is 12.4 Å². The van der Waals surface area contributed by atoms with Crippen LogP contribution in [0.4, 0.5) is 0 Å². The van der Waals surface area contributed by atoms with Crippen LogP contribution in [0.25, 0.3) is 0 Å². The van der Waals surface area contributed by atoms with Crippen molar-refractivity contribution in [1.82, 2.24) is 4.90 Å². The minimum absolute atomic E-state index is 0. The number of hydrogen-bond acceptors (Lipinski definition) is 3. The topological polar surface area (TPSA) is 37.4 Å². The standard InChI is InChI=1S/C12H21NO2S.ClH/c14-16(15)10-12(7-3-2-6-11(12)16)13-8-4-1-5-9-13;/h11H,1-10H2;1H. The molecule has 2 aliphatic heterocycles. The van der Waals surface area contributed by atoms with Gasteiger partial charge < -0.3 is 0 Å². The Morgan fingerprint density at radius 1 is 1.00 bits per heavy atom. The molecule has 0 spiro atoms. The van der Waals surface area contributed by atoms with Crippen LogP contribution in [0.3, 0.4) is 0 Å². The summed E-state index contributed by atoms with van der Waals surface area (Å²) in [5.74, 6) is 0.449. The number of fused-ring (bicyclic) bond motifs is 1. The van der Waals surface area contributed by atoms with Gasteiger partial charge in [-0.2, -0.15) is 0 Å². The number of hydrogen-bond donors (Lipinski definition) is 0. The van der Waals surface area contributed by atoms with Gasteiger partial charge in [0.05, 0.1) is 16.5 Å². The Morgan fingerprint density at radius 2 is 1.71 bits per heavy atom. The number of sulfone groups is 1. The molecule has 100 valence electrons. The minimum Gasteiger partial charge on any atom is -0.295 e. The summed E-state index contributed by atoms with van der Waals surface area (Å²) in [5, 5.41) is -0.0214. The SMILES string of the molecule is Cl.O=S1(=O)CC2(N3CCCCC3)CCCCC21. The van der Waals surface area contributed by atoms with Crippen LogP contribution in [0.15, 0.2) is 0 Å². The maximum Gasteiger partial charge on any atom is 0.156 e. The molecule has 3 rings (SSSR count). The molecule has 0 radical (unpaired) electrons. The van der Waals surface area contributed by atoms with E-state index in [9.17, 15) is 8.42 Å². The average Bonchev–Trinajstić information content (AvgIpc) is 2.29. The van der Waals surface area contributed by atoms with Gasteiger partial charge in [0.25, 0.3) is 0 Å². The summed E-state index contributed by atoms with van der Waals surface area (Å²) in [4.78, 5) is 2.52. The number of nitrogens with zero attached hydrogens (tertiary/aromatic N) is 1. The average molecular weight is 280 g/mol. The molecule has 0 aromatic rings. The van der Waals surface area contributed by atoms with Gasteiger partial charge in [-0.1, -0.05) is 19.3 Å². The lowest BCUT2D eigenvalue weighted by Gasteiger charge is -2.58. The molecule has 0 aromatic heterocycles. The molecule has 0 N–H and O–H groups in total. The van der Waals surface area contributed by atoms with Gasteiger partial charge in [0.15, 0.2) is 9.84 Å². The molecular weight excluding hydrogens is 258 g/mol. The molecule has 17 heavy (non-hydrogen) atoms. The van der Waals surface area contributed by atoms with E-state index in [2.05, 4.69) is 4.90 Å². The van der Waals surface area contributed by atoms with Gasteiger partial charge >= 0.3 is 0 Å². The van der Waals surface area contributed by atoms with Gasteiger partial charge in [0.1, 0.15) is 0 Å². The van der Waals surface area contributed by atoms with Crippen LogP contribution in [0.1, 0.15) is 44.9 Å². The van der Waals surface area contributed by atoms with E-state index >= 15 is 0 Å². The number of piperidine rings is 1. The monoisotopic (exact) mass is 279 g/mol. The Hall–Kier alpha value is 0.200. The van der Waals surface area contributed by atoms with Gasteiger partial charge in [-0.25, -0.2) is 8.42 Å². The van der Waals surface area contributed by atoms with Gasteiger partial charge in [-0.05, 0) is 38.8 Å². The molecule has 2 saturated heterocycles. The van der Waals surface area contributed by atoms with Crippen LogP contribution in [-0.2, 0) is 9.84 Å². The molecule has 2 heterocycles. The maximum atomic E-state index is 11.9. The van der Waals surface area contributed by atoms with E-state index in [1.54, 1.807) is 0 Å². The van der Waals surface area contributed by atoms with E-state index in [-0.39, 0.29) is 23.2 Å². The number of rotatable bonds is 1. The third-order valence-electron chi connectivity index (χ3n) is 4.80. The Bertz CT molecular complexity index is 378. The highest BCUT2D eigenvalue weighted by atomic mass is 35.5. The Labute approximate surface area is 110 Å². The summed E-state index contributed by atoms with van der Waals surface area (Å²) in [7, 11) is -2.73. The van der Waals surface area contributed by atoms with E-state index in [4.69, 9.17) is 0 Å². The first-order valence-electron chi connectivity index (χ1n) is 6.62. The summed E-state index contributed by atoms with van der Waals surface area (Å²) in [6, 6.07) is 0. The lowest BCUT2D eigenvalue weighted by Crippen LogP contribution is -2.73. The van der Waals surface area contributed by atoms with Crippen molar-refractivity contribution >= 4 is 22.2 Å². The molecule has 3 aliphatic rings. The first kappa shape index (κ1) is 13.6. The largest absolute Gasteiger partial charge is 0.295 e. The summed E-state index contributed by atoms with van der Waals surface area (Å²) in [6.45, 7) is 2.26. The number of halogens is 1. The van der Waals surface area contributed by atoms with Crippen LogP contribution in [0.5, 0.6) is 0 Å². The Kier molecular flexibility index (Phi) is 3.77. The summed E-state index contributed by atoms with van der Waals surface area (Å²) < 4.78 is 23.7. The van der Waals surface area contributed by atoms with Crippen LogP contribution < -0.4 is 0 Å². The maximum absolute atomic E-state index is 11.9. The van der Waals surface area contributed by atoms with Crippen molar-refractivity contribution in [3.05, 3.63) is 0 Å². The quantitative estimate of drug-likeness (QED) is 0.737. The van der Waals surface area contributed by atoms with E-state index < -0.39 is 9.84 Å². The fourth-order valence-corrected chi connectivity index (χ4v) is 6.68. The van der Waals surface area contributed by atoms with E-state index in [1.165, 1.54) is 25.7 Å². The highest BCUT2D eigenvalue weighted by molar-refractivity contribution is 7.93. The molecule has 0 bridgehead atoms. The molecule has 0 aromatic carbocycles. The van der Waals surface area contributed by atoms with Gasteiger partial charge in [-0.15, -0.1) is 12.4 Å². The molecule has 2 atom stereocenters. The lowest BCUT2D eigenvalue weighted by atomic mass is 9.79. The molecule has 3 fully saturated rings. The second-order valence-corrected chi connectivity index (χ2v) is 7.88. The normalized spacial score (nSPS) is 40.8. The van der Waals surface area contributed by atoms with Crippen molar-refractivity contribution in [2.24, 2.45) is 0 Å². The summed E-state index contributed by atoms with van der Waals surface area (Å²) >= 11 is 0. The minimum atomic E-state index is -2.73. The molecule has 5 heteroatoms. The molecule has 3 nitrogen and oxygen atoms in total. The van der Waals surface area contributed by atoms with Gasteiger partial charge in [-0.3, -0.25) is 4.90 Å². The zero-order valence-electron chi connectivity index (χ0n) is 10.2.